The third kappa shape index (κ3) is 2.56. The molecule has 0 unspecified atom stereocenters. The molecule has 1 fully saturated rings. The Morgan fingerprint density at radius 3 is 2.67 bits per heavy atom. The van der Waals surface area contributed by atoms with Crippen molar-refractivity contribution in [3.05, 3.63) is 16.4 Å². The minimum Gasteiger partial charge on any atom is -0.476 e. The fourth-order valence-electron chi connectivity index (χ4n) is 2.59. The van der Waals surface area contributed by atoms with Gasteiger partial charge in [0.2, 0.25) is 0 Å². The van der Waals surface area contributed by atoms with Crippen molar-refractivity contribution in [3.8, 4) is 10.6 Å². The van der Waals surface area contributed by atoms with Crippen LogP contribution in [0.1, 0.15) is 40.1 Å². The minimum absolute atomic E-state index is 0.00626. The molecule has 3 rings (SSSR count). The summed E-state index contributed by atoms with van der Waals surface area (Å²) in [5, 5.41) is 18.2. The van der Waals surface area contributed by atoms with Crippen LogP contribution in [0.4, 0.5) is 0 Å². The number of carboxylic acids is 1. The van der Waals surface area contributed by atoms with Crippen LogP contribution in [0.25, 0.3) is 10.6 Å². The van der Waals surface area contributed by atoms with Gasteiger partial charge in [-0.05, 0) is 26.7 Å². The molecule has 3 heterocycles. The summed E-state index contributed by atoms with van der Waals surface area (Å²) >= 11 is 1.48. The number of aryl methyl sites for hydroxylation is 2. The molecule has 2 aromatic heterocycles. The smallest absolute Gasteiger partial charge is 0.358 e. The molecule has 7 nitrogen and oxygen atoms in total. The third-order valence-corrected chi connectivity index (χ3v) is 4.63. The van der Waals surface area contributed by atoms with Gasteiger partial charge in [0.15, 0.2) is 5.69 Å². The molecule has 21 heavy (non-hydrogen) atoms. The first-order chi connectivity index (χ1) is 10.1. The largest absolute Gasteiger partial charge is 0.476 e. The Labute approximate surface area is 125 Å². The van der Waals surface area contributed by atoms with E-state index in [0.29, 0.717) is 18.9 Å². The van der Waals surface area contributed by atoms with E-state index in [-0.39, 0.29) is 11.7 Å². The van der Waals surface area contributed by atoms with E-state index in [2.05, 4.69) is 15.3 Å². The van der Waals surface area contributed by atoms with Crippen LogP contribution >= 0.6 is 11.3 Å². The molecule has 0 saturated carbocycles. The Kier molecular flexibility index (Phi) is 3.73. The van der Waals surface area contributed by atoms with E-state index in [0.717, 1.165) is 28.4 Å². The maximum atomic E-state index is 11.5. The molecule has 0 atom stereocenters. The van der Waals surface area contributed by atoms with E-state index in [9.17, 15) is 9.90 Å². The second-order valence-electron chi connectivity index (χ2n) is 5.03. The first-order valence-electron chi connectivity index (χ1n) is 6.78. The molecule has 1 aliphatic rings. The lowest BCUT2D eigenvalue weighted by Gasteiger charge is -2.23. The second kappa shape index (κ2) is 5.53. The summed E-state index contributed by atoms with van der Waals surface area (Å²) in [4.78, 5) is 16.7. The maximum Gasteiger partial charge on any atom is 0.358 e. The molecule has 0 radical (unpaired) electrons. The SMILES string of the molecule is Cc1nc(C)c(-c2c(C(=O)O)nnn2C2CCOCC2)s1. The van der Waals surface area contributed by atoms with Gasteiger partial charge in [-0.1, -0.05) is 5.21 Å². The molecular weight excluding hydrogens is 292 g/mol. The quantitative estimate of drug-likeness (QED) is 0.933. The van der Waals surface area contributed by atoms with E-state index in [1.165, 1.54) is 11.3 Å². The standard InChI is InChI=1S/C13H16N4O3S/c1-7-12(21-8(2)14-7)11-10(13(18)19)15-16-17(11)9-3-5-20-6-4-9/h9H,3-6H2,1-2H3,(H,18,19). The molecule has 8 heteroatoms. The lowest BCUT2D eigenvalue weighted by atomic mass is 10.1. The monoisotopic (exact) mass is 308 g/mol. The van der Waals surface area contributed by atoms with Crippen LogP contribution < -0.4 is 0 Å². The number of hydrogen-bond acceptors (Lipinski definition) is 6. The Morgan fingerprint density at radius 2 is 2.10 bits per heavy atom. The molecule has 0 amide bonds. The van der Waals surface area contributed by atoms with Crippen LogP contribution in [0.2, 0.25) is 0 Å². The lowest BCUT2D eigenvalue weighted by Crippen LogP contribution is -2.21. The van der Waals surface area contributed by atoms with Crippen LogP contribution in [0.5, 0.6) is 0 Å². The topological polar surface area (TPSA) is 90.1 Å². The Hall–Kier alpha value is -1.80. The zero-order valence-electron chi connectivity index (χ0n) is 11.9. The van der Waals surface area contributed by atoms with Crippen molar-refractivity contribution >= 4 is 17.3 Å². The number of aromatic nitrogens is 4. The van der Waals surface area contributed by atoms with Crippen molar-refractivity contribution in [3.63, 3.8) is 0 Å². The predicted molar refractivity (Wildman–Crippen MR) is 76.7 cm³/mol. The third-order valence-electron chi connectivity index (χ3n) is 3.55. The normalized spacial score (nSPS) is 16.3. The highest BCUT2D eigenvalue weighted by atomic mass is 32.1. The molecule has 1 saturated heterocycles. The average molecular weight is 308 g/mol. The van der Waals surface area contributed by atoms with Crippen molar-refractivity contribution in [1.82, 2.24) is 20.0 Å². The Bertz CT molecular complexity index is 673. The summed E-state index contributed by atoms with van der Waals surface area (Å²) < 4.78 is 7.10. The molecule has 0 aromatic carbocycles. The first-order valence-corrected chi connectivity index (χ1v) is 7.60. The second-order valence-corrected chi connectivity index (χ2v) is 6.23. The molecule has 0 bridgehead atoms. The van der Waals surface area contributed by atoms with Crippen LogP contribution in [-0.4, -0.2) is 44.3 Å². The number of carboxylic acid groups (broad SMARTS) is 1. The maximum absolute atomic E-state index is 11.5. The zero-order valence-corrected chi connectivity index (χ0v) is 12.7. The minimum atomic E-state index is -1.06. The average Bonchev–Trinajstić information content (AvgIpc) is 3.02. The summed E-state index contributed by atoms with van der Waals surface area (Å²) in [6.07, 6.45) is 1.62. The predicted octanol–water partition coefficient (Wildman–Crippen LogP) is 2.07. The molecule has 1 aliphatic heterocycles. The van der Waals surface area contributed by atoms with Crippen LogP contribution in [-0.2, 0) is 4.74 Å². The van der Waals surface area contributed by atoms with Crippen molar-refractivity contribution in [1.29, 1.82) is 0 Å². The van der Waals surface area contributed by atoms with Gasteiger partial charge in [-0.3, -0.25) is 0 Å². The van der Waals surface area contributed by atoms with Crippen molar-refractivity contribution < 1.29 is 14.6 Å². The number of carbonyl (C=O) groups is 1. The highest BCUT2D eigenvalue weighted by molar-refractivity contribution is 7.15. The van der Waals surface area contributed by atoms with Crippen LogP contribution in [0.15, 0.2) is 0 Å². The fourth-order valence-corrected chi connectivity index (χ4v) is 3.54. The van der Waals surface area contributed by atoms with Crippen molar-refractivity contribution in [2.24, 2.45) is 0 Å². The summed E-state index contributed by atoms with van der Waals surface area (Å²) in [5.74, 6) is -1.06. The summed E-state index contributed by atoms with van der Waals surface area (Å²) in [6, 6.07) is 0.121. The summed E-state index contributed by atoms with van der Waals surface area (Å²) in [5.41, 5.74) is 1.38. The van der Waals surface area contributed by atoms with Crippen molar-refractivity contribution in [2.75, 3.05) is 13.2 Å². The zero-order chi connectivity index (χ0) is 15.0. The van der Waals surface area contributed by atoms with Gasteiger partial charge in [0, 0.05) is 13.2 Å². The van der Waals surface area contributed by atoms with Crippen LogP contribution in [0.3, 0.4) is 0 Å². The van der Waals surface area contributed by atoms with Crippen molar-refractivity contribution in [2.45, 2.75) is 32.7 Å². The number of aromatic carboxylic acids is 1. The van der Waals surface area contributed by atoms with Gasteiger partial charge in [-0.25, -0.2) is 14.5 Å². The molecule has 2 aromatic rings. The molecular formula is C13H16N4O3S. The number of ether oxygens (including phenoxy) is 1. The molecule has 112 valence electrons. The molecule has 0 spiro atoms. The summed E-state index contributed by atoms with van der Waals surface area (Å²) in [6.45, 7) is 5.11. The van der Waals surface area contributed by atoms with Gasteiger partial charge < -0.3 is 9.84 Å². The van der Waals surface area contributed by atoms with E-state index in [1.807, 2.05) is 13.8 Å². The summed E-state index contributed by atoms with van der Waals surface area (Å²) in [7, 11) is 0. The number of nitrogens with zero attached hydrogens (tertiary/aromatic N) is 4. The number of rotatable bonds is 3. The Morgan fingerprint density at radius 1 is 1.38 bits per heavy atom. The van der Waals surface area contributed by atoms with Gasteiger partial charge in [-0.2, -0.15) is 0 Å². The highest BCUT2D eigenvalue weighted by Crippen LogP contribution is 2.35. The van der Waals surface area contributed by atoms with Gasteiger partial charge >= 0.3 is 5.97 Å². The Balaban J connectivity index is 2.13. The van der Waals surface area contributed by atoms with Gasteiger partial charge in [0.05, 0.1) is 21.6 Å². The first kappa shape index (κ1) is 14.2. The van der Waals surface area contributed by atoms with E-state index in [4.69, 9.17) is 4.74 Å². The van der Waals surface area contributed by atoms with E-state index < -0.39 is 5.97 Å². The van der Waals surface area contributed by atoms with E-state index in [1.54, 1.807) is 4.68 Å². The highest BCUT2D eigenvalue weighted by Gasteiger charge is 2.28. The van der Waals surface area contributed by atoms with Crippen LogP contribution in [0, 0.1) is 13.8 Å². The lowest BCUT2D eigenvalue weighted by molar-refractivity contribution is 0.0662. The fraction of sp³-hybridized carbons (Fsp3) is 0.538. The van der Waals surface area contributed by atoms with Gasteiger partial charge in [0.1, 0.15) is 5.69 Å². The molecule has 1 N–H and O–H groups in total. The number of hydrogen-bond donors (Lipinski definition) is 1. The van der Waals surface area contributed by atoms with E-state index >= 15 is 0 Å². The van der Waals surface area contributed by atoms with Gasteiger partial charge in [-0.15, -0.1) is 16.4 Å². The molecule has 0 aliphatic carbocycles. The van der Waals surface area contributed by atoms with Gasteiger partial charge in [0.25, 0.3) is 0 Å². The number of thiazole rings is 1.